The van der Waals surface area contributed by atoms with Gasteiger partial charge >= 0.3 is 0 Å². The summed E-state index contributed by atoms with van der Waals surface area (Å²) < 4.78 is 12.1. The molecule has 0 amide bonds. The van der Waals surface area contributed by atoms with E-state index in [0.717, 1.165) is 13.0 Å². The Morgan fingerprint density at radius 1 is 1.10 bits per heavy atom. The highest BCUT2D eigenvalue weighted by Crippen LogP contribution is 2.47. The van der Waals surface area contributed by atoms with Crippen LogP contribution in [0.1, 0.15) is 54.9 Å². The lowest BCUT2D eigenvalue weighted by Gasteiger charge is -2.38. The fraction of sp³-hybridized carbons (Fsp3) is 1.00. The molecule has 1 aliphatic rings. The Morgan fingerprint density at radius 2 is 1.62 bits per heavy atom. The average molecular weight is 313 g/mol. The van der Waals surface area contributed by atoms with E-state index in [0.29, 0.717) is 11.7 Å². The van der Waals surface area contributed by atoms with Crippen molar-refractivity contribution in [2.75, 3.05) is 6.61 Å². The molecule has 1 aliphatic carbocycles. The predicted molar refractivity (Wildman–Crippen MR) is 92.2 cm³/mol. The van der Waals surface area contributed by atoms with Gasteiger partial charge in [-0.3, -0.25) is 0 Å². The Kier molecular flexibility index (Phi) is 5.48. The highest BCUT2D eigenvalue weighted by molar-refractivity contribution is 6.74. The summed E-state index contributed by atoms with van der Waals surface area (Å²) >= 11 is 0. The van der Waals surface area contributed by atoms with Gasteiger partial charge in [0.05, 0.1) is 11.2 Å². The molecule has 0 spiro atoms. The van der Waals surface area contributed by atoms with E-state index in [9.17, 15) is 5.11 Å². The first-order chi connectivity index (χ1) is 9.17. The minimum atomic E-state index is -1.64. The highest BCUT2D eigenvalue weighted by atomic mass is 28.4. The molecule has 2 atom stereocenters. The first-order valence-electron chi connectivity index (χ1n) is 8.05. The van der Waals surface area contributed by atoms with Gasteiger partial charge in [0.15, 0.2) is 8.32 Å². The zero-order chi connectivity index (χ0) is 16.7. The molecule has 0 bridgehead atoms. The van der Waals surface area contributed by atoms with Crippen LogP contribution in [0.2, 0.25) is 23.9 Å². The zero-order valence-electron chi connectivity index (χ0n) is 15.4. The summed E-state index contributed by atoms with van der Waals surface area (Å²) in [4.78, 5) is 0. The molecule has 0 aromatic heterocycles. The minimum Gasteiger partial charge on any atom is -0.433 e. The van der Waals surface area contributed by atoms with E-state index in [2.05, 4.69) is 33.9 Å². The van der Waals surface area contributed by atoms with Crippen molar-refractivity contribution in [3.8, 4) is 0 Å². The summed E-state index contributed by atoms with van der Waals surface area (Å²) in [5.74, 6) is 1.05. The van der Waals surface area contributed by atoms with Gasteiger partial charge < -0.3 is 14.2 Å². The summed E-state index contributed by atoms with van der Waals surface area (Å²) in [5.41, 5.74) is -1.42. The number of aliphatic hydroxyl groups is 1. The van der Waals surface area contributed by atoms with Gasteiger partial charge in [-0.15, -0.1) is 0 Å². The Balaban J connectivity index is 2.34. The van der Waals surface area contributed by atoms with Gasteiger partial charge in [-0.2, -0.15) is 0 Å². The van der Waals surface area contributed by atoms with Gasteiger partial charge in [0.2, 0.25) is 0 Å². The molecule has 1 N–H and O–H groups in total. The second-order valence-electron chi connectivity index (χ2n) is 9.05. The van der Waals surface area contributed by atoms with E-state index >= 15 is 0 Å². The van der Waals surface area contributed by atoms with Crippen molar-refractivity contribution in [1.29, 1.82) is 0 Å². The van der Waals surface area contributed by atoms with Crippen LogP contribution in [0.25, 0.3) is 0 Å². The largest absolute Gasteiger partial charge is 0.433 e. The maximum Gasteiger partial charge on any atom is 0.297 e. The molecule has 0 unspecified atom stereocenters. The Bertz CT molecular complexity index is 322. The van der Waals surface area contributed by atoms with E-state index in [1.165, 1.54) is 0 Å². The van der Waals surface area contributed by atoms with E-state index in [4.69, 9.17) is 9.08 Å². The number of hydrogen-bond acceptors (Lipinski definition) is 3. The molecule has 1 rings (SSSR count). The van der Waals surface area contributed by atoms with Gasteiger partial charge in [-0.05, 0) is 57.6 Å². The molecule has 0 heterocycles. The molecule has 0 aliphatic heterocycles. The lowest BCUT2D eigenvalue weighted by atomic mass is 9.83. The van der Waals surface area contributed by atoms with E-state index in [1.807, 2.05) is 21.3 Å². The highest BCUT2D eigenvalue weighted by Gasteiger charge is 2.45. The van der Waals surface area contributed by atoms with Crippen LogP contribution < -0.4 is 0 Å². The van der Waals surface area contributed by atoms with Crippen molar-refractivity contribution < 1.29 is 14.2 Å². The lowest BCUT2D eigenvalue weighted by Crippen LogP contribution is -2.48. The molecule has 3 nitrogen and oxygen atoms in total. The zero-order valence-corrected chi connectivity index (χ0v) is 16.4. The summed E-state index contributed by atoms with van der Waals surface area (Å²) in [6, 6.07) is 0. The fourth-order valence-electron chi connectivity index (χ4n) is 1.56. The number of rotatable bonds is 7. The fourth-order valence-corrected chi connectivity index (χ4v) is 2.63. The maximum absolute atomic E-state index is 10.1. The van der Waals surface area contributed by atoms with Crippen molar-refractivity contribution in [1.82, 2.24) is 0 Å². The Hall–Kier alpha value is 0.162. The summed E-state index contributed by atoms with van der Waals surface area (Å²) in [7, 11) is 0.273. The molecule has 0 aromatic rings. The maximum atomic E-state index is 10.1. The smallest absolute Gasteiger partial charge is 0.297 e. The summed E-state index contributed by atoms with van der Waals surface area (Å²) in [5, 5.41) is 10.3. The molecule has 1 saturated carbocycles. The topological polar surface area (TPSA) is 38.7 Å². The molecule has 0 saturated heterocycles. The molecule has 5 heteroatoms. The van der Waals surface area contributed by atoms with Crippen LogP contribution >= 0.6 is 0 Å². The average Bonchev–Trinajstić information content (AvgIpc) is 2.99. The third-order valence-electron chi connectivity index (χ3n) is 5.45. The first-order valence-corrected chi connectivity index (χ1v) is 11.0. The van der Waals surface area contributed by atoms with Gasteiger partial charge in [0.1, 0.15) is 0 Å². The summed E-state index contributed by atoms with van der Waals surface area (Å²) in [6.45, 7) is 19.6. The van der Waals surface area contributed by atoms with Crippen LogP contribution in [0.4, 0.5) is 0 Å². The molecule has 0 aromatic carbocycles. The van der Waals surface area contributed by atoms with E-state index in [1.54, 1.807) is 13.8 Å². The standard InChI is InChI=1S/C16H34BO3Si/c1-14(2,3)21(8,9)19-11-12-10-13(12)17-20-16(6,7)15(4,5)18/h12-13,18H,10-11H2,1-9H3/t12-,13+/m1/s1. The van der Waals surface area contributed by atoms with Crippen LogP contribution in [-0.4, -0.2) is 38.7 Å². The van der Waals surface area contributed by atoms with Gasteiger partial charge in [0.25, 0.3) is 7.48 Å². The molecule has 1 fully saturated rings. The minimum absolute atomic E-state index is 0.264. The van der Waals surface area contributed by atoms with Gasteiger partial charge in [0, 0.05) is 6.61 Å². The van der Waals surface area contributed by atoms with E-state index in [-0.39, 0.29) is 5.04 Å². The quantitative estimate of drug-likeness (QED) is 0.722. The van der Waals surface area contributed by atoms with Gasteiger partial charge in [-0.25, -0.2) is 0 Å². The van der Waals surface area contributed by atoms with Crippen molar-refractivity contribution in [3.63, 3.8) is 0 Å². The first kappa shape index (κ1) is 19.2. The van der Waals surface area contributed by atoms with Crippen LogP contribution in [0, 0.1) is 5.92 Å². The number of hydrogen-bond donors (Lipinski definition) is 1. The molecular formula is C16H34BO3Si. The second kappa shape index (κ2) is 5.99. The van der Waals surface area contributed by atoms with Crippen LogP contribution in [0.3, 0.4) is 0 Å². The van der Waals surface area contributed by atoms with E-state index < -0.39 is 19.5 Å². The SMILES string of the molecule is CC(C)(O)C(C)(C)O[B][C@H]1C[C@@H]1CO[Si](C)(C)C(C)(C)C. The van der Waals surface area contributed by atoms with Gasteiger partial charge in [-0.1, -0.05) is 27.2 Å². The third-order valence-corrected chi connectivity index (χ3v) is 9.95. The predicted octanol–water partition coefficient (Wildman–Crippen LogP) is 4.00. The van der Waals surface area contributed by atoms with Crippen molar-refractivity contribution in [2.45, 2.75) is 90.0 Å². The third kappa shape index (κ3) is 5.09. The van der Waals surface area contributed by atoms with Crippen molar-refractivity contribution in [2.24, 2.45) is 5.92 Å². The monoisotopic (exact) mass is 313 g/mol. The second-order valence-corrected chi connectivity index (χ2v) is 13.9. The molecule has 1 radical (unpaired) electrons. The van der Waals surface area contributed by atoms with Crippen LogP contribution in [-0.2, 0) is 9.08 Å². The molecule has 123 valence electrons. The molecule has 21 heavy (non-hydrogen) atoms. The Labute approximate surface area is 133 Å². The molecular weight excluding hydrogens is 279 g/mol. The van der Waals surface area contributed by atoms with Crippen LogP contribution in [0.5, 0.6) is 0 Å². The normalized spacial score (nSPS) is 24.1. The van der Waals surface area contributed by atoms with Crippen molar-refractivity contribution in [3.05, 3.63) is 0 Å². The Morgan fingerprint density at radius 3 is 2.05 bits per heavy atom. The lowest BCUT2D eigenvalue weighted by molar-refractivity contribution is -0.0906. The van der Waals surface area contributed by atoms with Crippen molar-refractivity contribution >= 4 is 15.8 Å². The summed E-state index contributed by atoms with van der Waals surface area (Å²) in [6.07, 6.45) is 1.14. The van der Waals surface area contributed by atoms with Crippen LogP contribution in [0.15, 0.2) is 0 Å².